The maximum absolute atomic E-state index is 11.7. The quantitative estimate of drug-likeness (QED) is 0.694. The van der Waals surface area contributed by atoms with Gasteiger partial charge in [-0.25, -0.2) is 0 Å². The number of aliphatic hydroxyl groups excluding tert-OH is 1. The largest absolute Gasteiger partial charge is 0.394 e. The minimum atomic E-state index is -0.229. The van der Waals surface area contributed by atoms with Gasteiger partial charge < -0.3 is 15.7 Å². The number of amides is 1. The van der Waals surface area contributed by atoms with Crippen LogP contribution in [-0.4, -0.2) is 35.2 Å². The van der Waals surface area contributed by atoms with E-state index >= 15 is 0 Å². The molecule has 1 fully saturated rings. The third kappa shape index (κ3) is 5.04. The lowest BCUT2D eigenvalue weighted by Gasteiger charge is -2.36. The molecule has 0 saturated heterocycles. The molecule has 0 aromatic rings. The normalized spacial score (nSPS) is 20.0. The Labute approximate surface area is 104 Å². The zero-order valence-corrected chi connectivity index (χ0v) is 11.3. The second-order valence-electron chi connectivity index (χ2n) is 6.15. The molecule has 1 rings (SSSR count). The summed E-state index contributed by atoms with van der Waals surface area (Å²) < 4.78 is 0. The average Bonchev–Trinajstić information content (AvgIpc) is 2.25. The van der Waals surface area contributed by atoms with Crippen LogP contribution in [0.5, 0.6) is 0 Å². The van der Waals surface area contributed by atoms with Crippen LogP contribution < -0.4 is 10.6 Å². The first-order valence-corrected chi connectivity index (χ1v) is 6.54. The van der Waals surface area contributed by atoms with E-state index in [0.29, 0.717) is 0 Å². The molecule has 4 heteroatoms. The Bertz CT molecular complexity index is 253. The highest BCUT2D eigenvalue weighted by molar-refractivity contribution is 5.78. The predicted molar refractivity (Wildman–Crippen MR) is 68.8 cm³/mol. The molecule has 1 aliphatic rings. The van der Waals surface area contributed by atoms with Crippen molar-refractivity contribution >= 4 is 5.91 Å². The average molecular weight is 242 g/mol. The Morgan fingerprint density at radius 2 is 1.82 bits per heavy atom. The van der Waals surface area contributed by atoms with Gasteiger partial charge in [-0.1, -0.05) is 19.3 Å². The molecule has 0 aromatic heterocycles. The summed E-state index contributed by atoms with van der Waals surface area (Å²) in [4.78, 5) is 11.7. The van der Waals surface area contributed by atoms with Crippen LogP contribution in [-0.2, 0) is 4.79 Å². The van der Waals surface area contributed by atoms with Crippen LogP contribution in [0.3, 0.4) is 0 Å². The fourth-order valence-electron chi connectivity index (χ4n) is 2.35. The van der Waals surface area contributed by atoms with Gasteiger partial charge in [-0.05, 0) is 33.6 Å². The van der Waals surface area contributed by atoms with E-state index in [1.807, 2.05) is 20.8 Å². The Kier molecular flexibility index (Phi) is 4.95. The summed E-state index contributed by atoms with van der Waals surface area (Å²) in [5.41, 5.74) is -0.425. The minimum absolute atomic E-state index is 0.00380. The number of rotatable bonds is 4. The Morgan fingerprint density at radius 3 is 2.29 bits per heavy atom. The van der Waals surface area contributed by atoms with E-state index in [1.54, 1.807) is 0 Å². The molecule has 1 amide bonds. The van der Waals surface area contributed by atoms with Gasteiger partial charge in [0, 0.05) is 11.1 Å². The van der Waals surface area contributed by atoms with Crippen molar-refractivity contribution in [2.75, 3.05) is 13.2 Å². The van der Waals surface area contributed by atoms with Crippen molar-refractivity contribution in [3.8, 4) is 0 Å². The van der Waals surface area contributed by atoms with Crippen molar-refractivity contribution in [1.82, 2.24) is 10.6 Å². The van der Waals surface area contributed by atoms with Crippen LogP contribution in [0.4, 0.5) is 0 Å². The summed E-state index contributed by atoms with van der Waals surface area (Å²) in [6.07, 6.45) is 5.43. The van der Waals surface area contributed by atoms with Gasteiger partial charge in [-0.15, -0.1) is 0 Å². The van der Waals surface area contributed by atoms with E-state index in [-0.39, 0.29) is 30.1 Å². The first-order chi connectivity index (χ1) is 7.87. The molecule has 0 heterocycles. The van der Waals surface area contributed by atoms with Gasteiger partial charge in [0.15, 0.2) is 0 Å². The summed E-state index contributed by atoms with van der Waals surface area (Å²) in [6.45, 7) is 6.31. The van der Waals surface area contributed by atoms with Gasteiger partial charge >= 0.3 is 0 Å². The monoisotopic (exact) mass is 242 g/mol. The van der Waals surface area contributed by atoms with Gasteiger partial charge in [-0.2, -0.15) is 0 Å². The van der Waals surface area contributed by atoms with Crippen molar-refractivity contribution < 1.29 is 9.90 Å². The topological polar surface area (TPSA) is 61.4 Å². The van der Waals surface area contributed by atoms with E-state index in [4.69, 9.17) is 0 Å². The Hall–Kier alpha value is -0.610. The Morgan fingerprint density at radius 1 is 1.24 bits per heavy atom. The fraction of sp³-hybridized carbons (Fsp3) is 0.923. The van der Waals surface area contributed by atoms with Crippen LogP contribution >= 0.6 is 0 Å². The zero-order chi connectivity index (χ0) is 12.9. The van der Waals surface area contributed by atoms with Crippen molar-refractivity contribution in [2.24, 2.45) is 0 Å². The standard InChI is InChI=1S/C13H26N2O2/c1-12(2,3)15-11(17)9-14-13(10-16)7-5-4-6-8-13/h14,16H,4-10H2,1-3H3,(H,15,17). The van der Waals surface area contributed by atoms with Crippen LogP contribution in [0, 0.1) is 0 Å². The van der Waals surface area contributed by atoms with E-state index in [9.17, 15) is 9.90 Å². The number of carbonyl (C=O) groups excluding carboxylic acids is 1. The highest BCUT2D eigenvalue weighted by Gasteiger charge is 2.31. The number of hydrogen-bond donors (Lipinski definition) is 3. The maximum atomic E-state index is 11.7. The van der Waals surface area contributed by atoms with Gasteiger partial charge in [0.1, 0.15) is 0 Å². The fourth-order valence-corrected chi connectivity index (χ4v) is 2.35. The van der Waals surface area contributed by atoms with Crippen LogP contribution in [0.25, 0.3) is 0 Å². The molecule has 0 aromatic carbocycles. The molecule has 100 valence electrons. The minimum Gasteiger partial charge on any atom is -0.394 e. The van der Waals surface area contributed by atoms with Crippen molar-refractivity contribution in [1.29, 1.82) is 0 Å². The second-order valence-corrected chi connectivity index (χ2v) is 6.15. The molecule has 17 heavy (non-hydrogen) atoms. The Balaban J connectivity index is 2.39. The van der Waals surface area contributed by atoms with Crippen molar-refractivity contribution in [2.45, 2.75) is 64.0 Å². The van der Waals surface area contributed by atoms with Gasteiger partial charge in [0.2, 0.25) is 5.91 Å². The van der Waals surface area contributed by atoms with Gasteiger partial charge in [0.25, 0.3) is 0 Å². The van der Waals surface area contributed by atoms with Crippen LogP contribution in [0.15, 0.2) is 0 Å². The van der Waals surface area contributed by atoms with Crippen molar-refractivity contribution in [3.05, 3.63) is 0 Å². The first-order valence-electron chi connectivity index (χ1n) is 6.54. The summed E-state index contributed by atoms with van der Waals surface area (Å²) in [7, 11) is 0. The lowest BCUT2D eigenvalue weighted by Crippen LogP contribution is -2.54. The molecule has 0 spiro atoms. The van der Waals surface area contributed by atoms with E-state index in [0.717, 1.165) is 25.7 Å². The molecule has 1 saturated carbocycles. The lowest BCUT2D eigenvalue weighted by molar-refractivity contribution is -0.122. The third-order valence-electron chi connectivity index (χ3n) is 3.25. The molecule has 0 atom stereocenters. The second kappa shape index (κ2) is 5.83. The molecule has 0 bridgehead atoms. The first kappa shape index (κ1) is 14.5. The number of aliphatic hydroxyl groups is 1. The maximum Gasteiger partial charge on any atom is 0.234 e. The highest BCUT2D eigenvalue weighted by Crippen LogP contribution is 2.27. The van der Waals surface area contributed by atoms with Gasteiger partial charge in [0.05, 0.1) is 13.2 Å². The van der Waals surface area contributed by atoms with E-state index < -0.39 is 0 Å². The number of carbonyl (C=O) groups is 1. The predicted octanol–water partition coefficient (Wildman–Crippen LogP) is 1.19. The SMILES string of the molecule is CC(C)(C)NC(=O)CNC1(CO)CCCCC1. The van der Waals surface area contributed by atoms with E-state index in [1.165, 1.54) is 6.42 Å². The molecule has 0 radical (unpaired) electrons. The summed E-state index contributed by atoms with van der Waals surface area (Å²) >= 11 is 0. The smallest absolute Gasteiger partial charge is 0.234 e. The summed E-state index contributed by atoms with van der Waals surface area (Å²) in [5, 5.41) is 15.7. The molecule has 3 N–H and O–H groups in total. The molecule has 4 nitrogen and oxygen atoms in total. The number of hydrogen-bond acceptors (Lipinski definition) is 3. The molecule has 1 aliphatic carbocycles. The van der Waals surface area contributed by atoms with Crippen molar-refractivity contribution in [3.63, 3.8) is 0 Å². The molecular weight excluding hydrogens is 216 g/mol. The molecule has 0 unspecified atom stereocenters. The number of nitrogens with one attached hydrogen (secondary N) is 2. The highest BCUT2D eigenvalue weighted by atomic mass is 16.3. The third-order valence-corrected chi connectivity index (χ3v) is 3.25. The van der Waals surface area contributed by atoms with E-state index in [2.05, 4.69) is 10.6 Å². The zero-order valence-electron chi connectivity index (χ0n) is 11.3. The molecular formula is C13H26N2O2. The van der Waals surface area contributed by atoms with Crippen LogP contribution in [0.2, 0.25) is 0 Å². The molecule has 0 aliphatic heterocycles. The van der Waals surface area contributed by atoms with Crippen LogP contribution in [0.1, 0.15) is 52.9 Å². The summed E-state index contributed by atoms with van der Waals surface area (Å²) in [5.74, 6) is -0.00380. The summed E-state index contributed by atoms with van der Waals surface area (Å²) in [6, 6.07) is 0. The lowest BCUT2D eigenvalue weighted by atomic mass is 9.82. The van der Waals surface area contributed by atoms with Gasteiger partial charge in [-0.3, -0.25) is 4.79 Å².